The van der Waals surface area contributed by atoms with Crippen LogP contribution in [0.5, 0.6) is 0 Å². The Bertz CT molecular complexity index is 1530. The SMILES string of the molecule is Cc1ccc(NS(=O)(=O)c2ccc(NC(=O)c3cc(S(=O)(=O)N4CCCCC4)ccc3Cl)cc2)c(C)c1. The van der Waals surface area contributed by atoms with Crippen LogP contribution in [0.2, 0.25) is 5.02 Å². The number of nitrogens with zero attached hydrogens (tertiary/aromatic N) is 1. The molecule has 3 aromatic rings. The van der Waals surface area contributed by atoms with Gasteiger partial charge in [0.2, 0.25) is 10.0 Å². The molecular formula is C26H28ClN3O5S2. The molecule has 196 valence electrons. The van der Waals surface area contributed by atoms with E-state index in [1.807, 2.05) is 26.0 Å². The Kier molecular flexibility index (Phi) is 7.94. The van der Waals surface area contributed by atoms with Crippen molar-refractivity contribution >= 4 is 48.9 Å². The highest BCUT2D eigenvalue weighted by Gasteiger charge is 2.27. The van der Waals surface area contributed by atoms with Crippen molar-refractivity contribution in [3.8, 4) is 0 Å². The van der Waals surface area contributed by atoms with Gasteiger partial charge in [-0.2, -0.15) is 4.31 Å². The third kappa shape index (κ3) is 6.15. The summed E-state index contributed by atoms with van der Waals surface area (Å²) in [5, 5.41) is 2.76. The van der Waals surface area contributed by atoms with Crippen LogP contribution in [0.3, 0.4) is 0 Å². The highest BCUT2D eigenvalue weighted by molar-refractivity contribution is 7.92. The van der Waals surface area contributed by atoms with Gasteiger partial charge in [-0.3, -0.25) is 9.52 Å². The molecule has 1 aliphatic heterocycles. The summed E-state index contributed by atoms with van der Waals surface area (Å²) in [7, 11) is -7.58. The number of piperidine rings is 1. The molecule has 8 nitrogen and oxygen atoms in total. The van der Waals surface area contributed by atoms with E-state index < -0.39 is 26.0 Å². The van der Waals surface area contributed by atoms with Gasteiger partial charge in [-0.25, -0.2) is 16.8 Å². The molecule has 0 spiro atoms. The first-order valence-corrected chi connectivity index (χ1v) is 15.1. The van der Waals surface area contributed by atoms with Crippen LogP contribution in [0.15, 0.2) is 70.5 Å². The molecule has 0 radical (unpaired) electrons. The van der Waals surface area contributed by atoms with Crippen LogP contribution in [0.4, 0.5) is 11.4 Å². The van der Waals surface area contributed by atoms with E-state index in [-0.39, 0.29) is 20.4 Å². The lowest BCUT2D eigenvalue weighted by Gasteiger charge is -2.26. The van der Waals surface area contributed by atoms with E-state index in [9.17, 15) is 21.6 Å². The van der Waals surface area contributed by atoms with Gasteiger partial charge in [0.1, 0.15) is 0 Å². The summed E-state index contributed by atoms with van der Waals surface area (Å²) in [5.74, 6) is -0.607. The number of carbonyl (C=O) groups excluding carboxylic acids is 1. The fourth-order valence-corrected chi connectivity index (χ4v) is 7.02. The van der Waals surface area contributed by atoms with Gasteiger partial charge in [0.05, 0.1) is 26.1 Å². The molecule has 0 saturated carbocycles. The summed E-state index contributed by atoms with van der Waals surface area (Å²) in [6.45, 7) is 4.64. The number of halogens is 1. The lowest BCUT2D eigenvalue weighted by atomic mass is 10.1. The van der Waals surface area contributed by atoms with Gasteiger partial charge < -0.3 is 5.32 Å². The Labute approximate surface area is 222 Å². The van der Waals surface area contributed by atoms with Crippen LogP contribution in [0, 0.1) is 13.8 Å². The molecule has 0 aliphatic carbocycles. The summed E-state index contributed by atoms with van der Waals surface area (Å²) in [6, 6.07) is 15.1. The topological polar surface area (TPSA) is 113 Å². The Morgan fingerprint density at radius 1 is 0.838 bits per heavy atom. The lowest BCUT2D eigenvalue weighted by molar-refractivity contribution is 0.102. The standard InChI is InChI=1S/C26H28ClN3O5S2/c1-18-6-13-25(19(2)16-18)29-36(32,33)21-9-7-20(8-10-21)28-26(31)23-17-22(11-12-24(23)27)37(34,35)30-14-4-3-5-15-30/h6-13,16-17,29H,3-5,14-15H2,1-2H3,(H,28,31). The first-order chi connectivity index (χ1) is 17.5. The molecule has 0 atom stereocenters. The molecule has 2 N–H and O–H groups in total. The minimum atomic E-state index is -3.84. The number of nitrogens with one attached hydrogen (secondary N) is 2. The molecule has 1 fully saturated rings. The van der Waals surface area contributed by atoms with Crippen molar-refractivity contribution in [1.29, 1.82) is 0 Å². The van der Waals surface area contributed by atoms with Crippen molar-refractivity contribution in [3.05, 3.63) is 82.4 Å². The zero-order valence-corrected chi connectivity index (χ0v) is 22.9. The van der Waals surface area contributed by atoms with Crippen molar-refractivity contribution in [2.75, 3.05) is 23.1 Å². The van der Waals surface area contributed by atoms with Gasteiger partial charge in [-0.05, 0) is 80.8 Å². The summed E-state index contributed by atoms with van der Waals surface area (Å²) >= 11 is 6.22. The zero-order valence-electron chi connectivity index (χ0n) is 20.5. The van der Waals surface area contributed by atoms with Crippen LogP contribution in [-0.2, 0) is 20.0 Å². The zero-order chi connectivity index (χ0) is 26.8. The van der Waals surface area contributed by atoms with Crippen LogP contribution >= 0.6 is 11.6 Å². The highest BCUT2D eigenvalue weighted by atomic mass is 35.5. The summed E-state index contributed by atoms with van der Waals surface area (Å²) < 4.78 is 55.7. The van der Waals surface area contributed by atoms with Crippen molar-refractivity contribution < 1.29 is 21.6 Å². The van der Waals surface area contributed by atoms with Gasteiger partial charge in [-0.1, -0.05) is 35.7 Å². The highest BCUT2D eigenvalue weighted by Crippen LogP contribution is 2.27. The molecule has 11 heteroatoms. The lowest BCUT2D eigenvalue weighted by Crippen LogP contribution is -2.35. The summed E-state index contributed by atoms with van der Waals surface area (Å²) in [6.07, 6.45) is 2.58. The maximum absolute atomic E-state index is 13.0. The van der Waals surface area contributed by atoms with Crippen molar-refractivity contribution in [2.24, 2.45) is 0 Å². The molecule has 37 heavy (non-hydrogen) atoms. The molecule has 4 rings (SSSR count). The fourth-order valence-electron chi connectivity index (χ4n) is 4.14. The Balaban J connectivity index is 1.50. The van der Waals surface area contributed by atoms with Gasteiger partial charge in [-0.15, -0.1) is 0 Å². The first-order valence-electron chi connectivity index (χ1n) is 11.8. The largest absolute Gasteiger partial charge is 0.322 e. The van der Waals surface area contributed by atoms with Crippen LogP contribution in [-0.4, -0.2) is 40.1 Å². The number of aryl methyl sites for hydroxylation is 2. The molecule has 3 aromatic carbocycles. The van der Waals surface area contributed by atoms with Crippen molar-refractivity contribution in [2.45, 2.75) is 42.9 Å². The number of anilines is 2. The summed E-state index contributed by atoms with van der Waals surface area (Å²) in [5.41, 5.74) is 2.64. The van der Waals surface area contributed by atoms with Gasteiger partial charge in [0.25, 0.3) is 15.9 Å². The summed E-state index contributed by atoms with van der Waals surface area (Å²) in [4.78, 5) is 13.0. The molecule has 0 bridgehead atoms. The fraction of sp³-hybridized carbons (Fsp3) is 0.269. The van der Waals surface area contributed by atoms with Gasteiger partial charge in [0, 0.05) is 18.8 Å². The van der Waals surface area contributed by atoms with E-state index in [2.05, 4.69) is 10.0 Å². The van der Waals surface area contributed by atoms with Crippen molar-refractivity contribution in [1.82, 2.24) is 4.31 Å². The predicted molar refractivity (Wildman–Crippen MR) is 145 cm³/mol. The van der Waals surface area contributed by atoms with Crippen molar-refractivity contribution in [3.63, 3.8) is 0 Å². The Morgan fingerprint density at radius 3 is 2.14 bits per heavy atom. The smallest absolute Gasteiger partial charge is 0.261 e. The van der Waals surface area contributed by atoms with Gasteiger partial charge >= 0.3 is 0 Å². The maximum atomic E-state index is 13.0. The Morgan fingerprint density at radius 2 is 1.49 bits per heavy atom. The normalized spacial score (nSPS) is 14.8. The minimum absolute atomic E-state index is 0.00265. The van der Waals surface area contributed by atoms with Crippen LogP contribution in [0.25, 0.3) is 0 Å². The predicted octanol–water partition coefficient (Wildman–Crippen LogP) is 5.18. The number of benzene rings is 3. The third-order valence-electron chi connectivity index (χ3n) is 6.18. The minimum Gasteiger partial charge on any atom is -0.322 e. The van der Waals surface area contributed by atoms with E-state index >= 15 is 0 Å². The molecular weight excluding hydrogens is 534 g/mol. The quantitative estimate of drug-likeness (QED) is 0.412. The number of hydrogen-bond donors (Lipinski definition) is 2. The number of amides is 1. The number of carbonyl (C=O) groups is 1. The molecule has 0 unspecified atom stereocenters. The first kappa shape index (κ1) is 27.1. The second-order valence-corrected chi connectivity index (χ2v) is 13.0. The second kappa shape index (κ2) is 10.8. The van der Waals surface area contributed by atoms with Crippen LogP contribution < -0.4 is 10.0 Å². The third-order valence-corrected chi connectivity index (χ3v) is 9.79. The van der Waals surface area contributed by atoms with E-state index in [4.69, 9.17) is 11.6 Å². The van der Waals surface area contributed by atoms with Crippen LogP contribution in [0.1, 0.15) is 40.7 Å². The molecule has 1 saturated heterocycles. The average molecular weight is 562 g/mol. The van der Waals surface area contributed by atoms with E-state index in [1.54, 1.807) is 6.07 Å². The number of hydrogen-bond acceptors (Lipinski definition) is 5. The molecule has 1 aliphatic rings. The Hall–Kier alpha value is -2.92. The molecule has 1 amide bonds. The van der Waals surface area contributed by atoms with E-state index in [0.29, 0.717) is 24.5 Å². The van der Waals surface area contributed by atoms with E-state index in [0.717, 1.165) is 30.4 Å². The average Bonchev–Trinajstić information content (AvgIpc) is 2.86. The maximum Gasteiger partial charge on any atom is 0.261 e. The van der Waals surface area contributed by atoms with E-state index in [1.165, 1.54) is 46.8 Å². The second-order valence-electron chi connectivity index (χ2n) is 9.01. The van der Waals surface area contributed by atoms with Gasteiger partial charge in [0.15, 0.2) is 0 Å². The molecule has 0 aromatic heterocycles. The number of rotatable bonds is 7. The number of sulfonamides is 2. The monoisotopic (exact) mass is 561 g/mol. The molecule has 1 heterocycles.